The quantitative estimate of drug-likeness (QED) is 0.649. The van der Waals surface area contributed by atoms with Gasteiger partial charge in [0.05, 0.1) is 29.7 Å². The molecule has 0 bridgehead atoms. The van der Waals surface area contributed by atoms with Crippen molar-refractivity contribution in [3.63, 3.8) is 0 Å². The molecular formula is C24H25NO5. The summed E-state index contributed by atoms with van der Waals surface area (Å²) in [7, 11) is 1.62. The first-order valence-corrected chi connectivity index (χ1v) is 10.3. The number of rotatable bonds is 4. The summed E-state index contributed by atoms with van der Waals surface area (Å²) in [4.78, 5) is 15.6. The van der Waals surface area contributed by atoms with Crippen LogP contribution in [0.15, 0.2) is 45.6 Å². The van der Waals surface area contributed by atoms with Gasteiger partial charge in [0.15, 0.2) is 0 Å². The highest BCUT2D eigenvalue weighted by atomic mass is 16.5. The molecule has 156 valence electrons. The number of benzene rings is 2. The second kappa shape index (κ2) is 7.78. The predicted octanol–water partition coefficient (Wildman–Crippen LogP) is 4.11. The highest BCUT2D eigenvalue weighted by Crippen LogP contribution is 2.34. The highest BCUT2D eigenvalue weighted by molar-refractivity contribution is 5.86. The van der Waals surface area contributed by atoms with Crippen LogP contribution in [-0.4, -0.2) is 38.0 Å². The Morgan fingerprint density at radius 1 is 1.17 bits per heavy atom. The molecule has 0 radical (unpaired) electrons. The van der Waals surface area contributed by atoms with Gasteiger partial charge in [0, 0.05) is 19.7 Å². The van der Waals surface area contributed by atoms with E-state index in [1.165, 1.54) is 0 Å². The Morgan fingerprint density at radius 3 is 2.73 bits per heavy atom. The third-order valence-electron chi connectivity index (χ3n) is 5.95. The molecule has 3 heterocycles. The van der Waals surface area contributed by atoms with E-state index in [2.05, 4.69) is 4.90 Å². The molecule has 3 aromatic rings. The van der Waals surface area contributed by atoms with Crippen molar-refractivity contribution in [2.45, 2.75) is 32.4 Å². The van der Waals surface area contributed by atoms with Gasteiger partial charge in [0.2, 0.25) is 5.43 Å². The van der Waals surface area contributed by atoms with E-state index in [1.54, 1.807) is 7.11 Å². The van der Waals surface area contributed by atoms with Crippen molar-refractivity contribution in [3.05, 3.63) is 57.9 Å². The van der Waals surface area contributed by atoms with Crippen LogP contribution in [0.4, 0.5) is 0 Å². The van der Waals surface area contributed by atoms with Gasteiger partial charge in [-0.1, -0.05) is 12.1 Å². The minimum Gasteiger partial charge on any atom is -0.497 e. The molecule has 1 saturated heterocycles. The topological polar surface area (TPSA) is 61.1 Å². The largest absolute Gasteiger partial charge is 0.497 e. The molecule has 0 unspecified atom stereocenters. The summed E-state index contributed by atoms with van der Waals surface area (Å²) in [5, 5.41) is 0.577. The Morgan fingerprint density at radius 2 is 2.00 bits per heavy atom. The lowest BCUT2D eigenvalue weighted by Crippen LogP contribution is -2.37. The smallest absolute Gasteiger partial charge is 0.200 e. The average Bonchev–Trinajstić information content (AvgIpc) is 3.27. The van der Waals surface area contributed by atoms with Gasteiger partial charge in [-0.2, -0.15) is 0 Å². The number of aryl methyl sites for hydroxylation is 1. The molecule has 0 spiro atoms. The molecule has 2 aliphatic rings. The van der Waals surface area contributed by atoms with Crippen LogP contribution in [0.1, 0.15) is 24.2 Å². The molecule has 0 amide bonds. The summed E-state index contributed by atoms with van der Waals surface area (Å²) in [5.74, 6) is 2.13. The number of hydrogen-bond acceptors (Lipinski definition) is 6. The fraction of sp³-hybridized carbons (Fsp3) is 0.375. The molecule has 0 saturated carbocycles. The number of fused-ring (bicyclic) bond motifs is 3. The number of nitrogens with zero attached hydrogens (tertiary/aromatic N) is 1. The third kappa shape index (κ3) is 3.36. The fourth-order valence-corrected chi connectivity index (χ4v) is 4.40. The molecule has 6 nitrogen and oxygen atoms in total. The van der Waals surface area contributed by atoms with Crippen LogP contribution in [0.3, 0.4) is 0 Å². The Labute approximate surface area is 175 Å². The Balaban J connectivity index is 1.54. The second-order valence-electron chi connectivity index (χ2n) is 7.93. The summed E-state index contributed by atoms with van der Waals surface area (Å²) in [6.07, 6.45) is 2.44. The van der Waals surface area contributed by atoms with E-state index in [-0.39, 0.29) is 11.5 Å². The Hall–Kier alpha value is -2.83. The monoisotopic (exact) mass is 407 g/mol. The van der Waals surface area contributed by atoms with Gasteiger partial charge in [-0.25, -0.2) is 0 Å². The molecular weight excluding hydrogens is 382 g/mol. The molecule has 5 rings (SSSR count). The molecule has 1 atom stereocenters. The summed E-state index contributed by atoms with van der Waals surface area (Å²) in [6.45, 7) is 4.69. The zero-order chi connectivity index (χ0) is 20.7. The van der Waals surface area contributed by atoms with Gasteiger partial charge in [-0.05, 0) is 49.6 Å². The molecule has 1 fully saturated rings. The maximum Gasteiger partial charge on any atom is 0.200 e. The van der Waals surface area contributed by atoms with E-state index >= 15 is 0 Å². The molecule has 2 aliphatic heterocycles. The van der Waals surface area contributed by atoms with Crippen LogP contribution >= 0.6 is 0 Å². The van der Waals surface area contributed by atoms with Gasteiger partial charge >= 0.3 is 0 Å². The average molecular weight is 407 g/mol. The molecule has 1 aromatic heterocycles. The maximum atomic E-state index is 13.4. The van der Waals surface area contributed by atoms with E-state index in [9.17, 15) is 4.79 Å². The van der Waals surface area contributed by atoms with Crippen LogP contribution < -0.4 is 14.9 Å². The van der Waals surface area contributed by atoms with Crippen molar-refractivity contribution >= 4 is 11.0 Å². The molecule has 6 heteroatoms. The lowest BCUT2D eigenvalue weighted by molar-refractivity contribution is 0.0281. The predicted molar refractivity (Wildman–Crippen MR) is 114 cm³/mol. The summed E-state index contributed by atoms with van der Waals surface area (Å²) in [5.41, 5.74) is 2.91. The first-order chi connectivity index (χ1) is 14.6. The van der Waals surface area contributed by atoms with Gasteiger partial charge in [0.1, 0.15) is 29.6 Å². The minimum atomic E-state index is -0.0297. The summed E-state index contributed by atoms with van der Waals surface area (Å²) < 4.78 is 23.2. The molecule has 2 aromatic carbocycles. The SMILES string of the molecule is COc1ccc(-c2c(C)oc3c4c(ccc3c2=O)OCN(C[C@@H]2CCCO2)C4)cc1. The first kappa shape index (κ1) is 19.2. The van der Waals surface area contributed by atoms with Crippen LogP contribution in [0.5, 0.6) is 11.5 Å². The molecule has 0 N–H and O–H groups in total. The maximum absolute atomic E-state index is 13.4. The van der Waals surface area contributed by atoms with Crippen molar-refractivity contribution in [1.82, 2.24) is 4.90 Å². The lowest BCUT2D eigenvalue weighted by Gasteiger charge is -2.30. The van der Waals surface area contributed by atoms with Crippen molar-refractivity contribution in [3.8, 4) is 22.6 Å². The van der Waals surface area contributed by atoms with E-state index in [1.807, 2.05) is 43.3 Å². The highest BCUT2D eigenvalue weighted by Gasteiger charge is 2.26. The van der Waals surface area contributed by atoms with Crippen molar-refractivity contribution < 1.29 is 18.6 Å². The lowest BCUT2D eigenvalue weighted by atomic mass is 10.0. The zero-order valence-corrected chi connectivity index (χ0v) is 17.3. The Kier molecular flexibility index (Phi) is 4.97. The van der Waals surface area contributed by atoms with Gasteiger partial charge in [-0.15, -0.1) is 0 Å². The van der Waals surface area contributed by atoms with Crippen LogP contribution in [0, 0.1) is 6.92 Å². The van der Waals surface area contributed by atoms with Crippen molar-refractivity contribution in [2.75, 3.05) is 27.0 Å². The molecule has 30 heavy (non-hydrogen) atoms. The minimum absolute atomic E-state index is 0.0297. The van der Waals surface area contributed by atoms with E-state index < -0.39 is 0 Å². The van der Waals surface area contributed by atoms with Crippen molar-refractivity contribution in [1.29, 1.82) is 0 Å². The molecule has 0 aliphatic carbocycles. The normalized spacial score (nSPS) is 18.9. The standard InChI is InChI=1S/C24H25NO5/c1-15-22(16-5-7-17(27-2)8-6-16)23(26)19-9-10-21-20(24(19)30-15)13-25(14-29-21)12-18-4-3-11-28-18/h5-10,18H,3-4,11-14H2,1-2H3/t18-/m0/s1. The van der Waals surface area contributed by atoms with Crippen LogP contribution in [0.25, 0.3) is 22.1 Å². The van der Waals surface area contributed by atoms with E-state index in [4.69, 9.17) is 18.6 Å². The fourth-order valence-electron chi connectivity index (χ4n) is 4.40. The van der Waals surface area contributed by atoms with Crippen molar-refractivity contribution in [2.24, 2.45) is 0 Å². The van der Waals surface area contributed by atoms with E-state index in [0.29, 0.717) is 35.6 Å². The van der Waals surface area contributed by atoms with E-state index in [0.717, 1.165) is 48.6 Å². The summed E-state index contributed by atoms with van der Waals surface area (Å²) >= 11 is 0. The number of hydrogen-bond donors (Lipinski definition) is 0. The van der Waals surface area contributed by atoms with Crippen LogP contribution in [0.2, 0.25) is 0 Å². The number of ether oxygens (including phenoxy) is 3. The first-order valence-electron chi connectivity index (χ1n) is 10.3. The third-order valence-corrected chi connectivity index (χ3v) is 5.95. The zero-order valence-electron chi connectivity index (χ0n) is 17.3. The Bertz CT molecular complexity index is 1130. The summed E-state index contributed by atoms with van der Waals surface area (Å²) in [6, 6.07) is 11.2. The van der Waals surface area contributed by atoms with Gasteiger partial charge in [-0.3, -0.25) is 9.69 Å². The van der Waals surface area contributed by atoms with Crippen LogP contribution in [-0.2, 0) is 11.3 Å². The van der Waals surface area contributed by atoms with Gasteiger partial charge in [0.25, 0.3) is 0 Å². The second-order valence-corrected chi connectivity index (χ2v) is 7.93. The van der Waals surface area contributed by atoms with Gasteiger partial charge < -0.3 is 18.6 Å². The number of methoxy groups -OCH3 is 1.